The summed E-state index contributed by atoms with van der Waals surface area (Å²) in [5.74, 6) is -1.06. The third kappa shape index (κ3) is 6.19. The van der Waals surface area contributed by atoms with E-state index in [1.165, 1.54) is 13.0 Å². The van der Waals surface area contributed by atoms with Crippen molar-refractivity contribution >= 4 is 11.8 Å². The summed E-state index contributed by atoms with van der Waals surface area (Å²) >= 11 is 0. The Morgan fingerprint density at radius 3 is 2.30 bits per heavy atom. The molecule has 174 valence electrons. The Labute approximate surface area is 188 Å². The van der Waals surface area contributed by atoms with Crippen LogP contribution in [0.1, 0.15) is 39.8 Å². The Kier molecular flexibility index (Phi) is 7.17. The van der Waals surface area contributed by atoms with Crippen LogP contribution in [0, 0.1) is 6.92 Å². The van der Waals surface area contributed by atoms with Crippen LogP contribution in [0.4, 0.5) is 13.2 Å². The SMILES string of the molecule is Cc1cccc(CNC(=O)c2cc(C(F)(F)F)nn2-c2cccc(CNC(=O)[C@H](C)N)c2)c1. The van der Waals surface area contributed by atoms with Crippen molar-refractivity contribution in [1.82, 2.24) is 20.4 Å². The lowest BCUT2D eigenvalue weighted by molar-refractivity contribution is -0.141. The molecular weight excluding hydrogens is 435 g/mol. The lowest BCUT2D eigenvalue weighted by atomic mass is 10.1. The summed E-state index contributed by atoms with van der Waals surface area (Å²) in [5.41, 5.74) is 6.75. The second-order valence-electron chi connectivity index (χ2n) is 7.67. The van der Waals surface area contributed by atoms with Gasteiger partial charge in [0, 0.05) is 19.2 Å². The van der Waals surface area contributed by atoms with Crippen molar-refractivity contribution in [3.63, 3.8) is 0 Å². The quantitative estimate of drug-likeness (QED) is 0.505. The lowest BCUT2D eigenvalue weighted by Gasteiger charge is -2.11. The molecule has 0 fully saturated rings. The van der Waals surface area contributed by atoms with Crippen LogP contribution < -0.4 is 16.4 Å². The first kappa shape index (κ1) is 24.0. The van der Waals surface area contributed by atoms with Crippen molar-refractivity contribution < 1.29 is 22.8 Å². The zero-order chi connectivity index (χ0) is 24.2. The third-order valence-corrected chi connectivity index (χ3v) is 4.80. The molecule has 3 aromatic rings. The largest absolute Gasteiger partial charge is 0.435 e. The van der Waals surface area contributed by atoms with Gasteiger partial charge in [0.2, 0.25) is 5.91 Å². The molecule has 2 amide bonds. The normalized spacial score (nSPS) is 12.3. The number of hydrogen-bond donors (Lipinski definition) is 3. The van der Waals surface area contributed by atoms with Gasteiger partial charge in [0.15, 0.2) is 5.69 Å². The summed E-state index contributed by atoms with van der Waals surface area (Å²) < 4.78 is 41.0. The van der Waals surface area contributed by atoms with E-state index in [2.05, 4.69) is 15.7 Å². The molecule has 4 N–H and O–H groups in total. The zero-order valence-corrected chi connectivity index (χ0v) is 18.1. The zero-order valence-electron chi connectivity index (χ0n) is 18.1. The van der Waals surface area contributed by atoms with Gasteiger partial charge in [-0.15, -0.1) is 0 Å². The number of hydrogen-bond acceptors (Lipinski definition) is 4. The Balaban J connectivity index is 1.88. The number of carbonyl (C=O) groups excluding carboxylic acids is 2. The van der Waals surface area contributed by atoms with Crippen LogP contribution in [0.15, 0.2) is 54.6 Å². The predicted molar refractivity (Wildman–Crippen MR) is 116 cm³/mol. The van der Waals surface area contributed by atoms with Crippen LogP contribution in [0.25, 0.3) is 5.69 Å². The summed E-state index contributed by atoms with van der Waals surface area (Å²) in [6.45, 7) is 3.71. The molecule has 10 heteroatoms. The van der Waals surface area contributed by atoms with Gasteiger partial charge >= 0.3 is 6.18 Å². The van der Waals surface area contributed by atoms with E-state index in [1.54, 1.807) is 18.2 Å². The molecule has 33 heavy (non-hydrogen) atoms. The van der Waals surface area contributed by atoms with E-state index in [-0.39, 0.29) is 30.4 Å². The molecule has 0 radical (unpaired) electrons. The van der Waals surface area contributed by atoms with E-state index in [4.69, 9.17) is 5.73 Å². The number of nitrogens with one attached hydrogen (secondary N) is 2. The number of aromatic nitrogens is 2. The fraction of sp³-hybridized carbons (Fsp3) is 0.261. The Hall–Kier alpha value is -3.66. The van der Waals surface area contributed by atoms with Crippen LogP contribution in [0.3, 0.4) is 0 Å². The number of nitrogens with two attached hydrogens (primary N) is 1. The van der Waals surface area contributed by atoms with Crippen molar-refractivity contribution in [3.05, 3.63) is 82.7 Å². The molecule has 0 saturated heterocycles. The van der Waals surface area contributed by atoms with E-state index >= 15 is 0 Å². The van der Waals surface area contributed by atoms with Gasteiger partial charge in [-0.05, 0) is 37.1 Å². The number of benzene rings is 2. The van der Waals surface area contributed by atoms with Crippen molar-refractivity contribution in [1.29, 1.82) is 0 Å². The standard InChI is InChI=1S/C23H24F3N5O2/c1-14-5-3-6-16(9-14)12-29-22(33)19-11-20(23(24,25)26)30-31(19)18-8-4-7-17(10-18)13-28-21(32)15(2)27/h3-11,15H,12-13,27H2,1-2H3,(H,28,32)(H,29,33)/t15-/m0/s1. The number of alkyl halides is 3. The molecule has 3 rings (SSSR count). The Bertz CT molecular complexity index is 1150. The molecule has 0 aliphatic rings. The number of amides is 2. The molecule has 0 unspecified atom stereocenters. The van der Waals surface area contributed by atoms with Crippen LogP contribution >= 0.6 is 0 Å². The smallest absolute Gasteiger partial charge is 0.351 e. The van der Waals surface area contributed by atoms with E-state index in [0.29, 0.717) is 5.56 Å². The number of rotatable bonds is 7. The molecule has 7 nitrogen and oxygen atoms in total. The lowest BCUT2D eigenvalue weighted by Crippen LogP contribution is -2.37. The highest BCUT2D eigenvalue weighted by molar-refractivity contribution is 5.93. The minimum absolute atomic E-state index is 0.122. The summed E-state index contributed by atoms with van der Waals surface area (Å²) in [7, 11) is 0. The summed E-state index contributed by atoms with van der Waals surface area (Å²) in [6, 6.07) is 13.8. The van der Waals surface area contributed by atoms with Gasteiger partial charge in [0.25, 0.3) is 5.91 Å². The molecule has 2 aromatic carbocycles. The fourth-order valence-electron chi connectivity index (χ4n) is 3.12. The number of aryl methyl sites for hydroxylation is 1. The second kappa shape index (κ2) is 9.86. The maximum Gasteiger partial charge on any atom is 0.435 e. The van der Waals surface area contributed by atoms with Crippen molar-refractivity contribution in [2.75, 3.05) is 0 Å². The van der Waals surface area contributed by atoms with Crippen LogP contribution in [0.5, 0.6) is 0 Å². The van der Waals surface area contributed by atoms with Gasteiger partial charge in [0.1, 0.15) is 5.69 Å². The Morgan fingerprint density at radius 1 is 1.03 bits per heavy atom. The van der Waals surface area contributed by atoms with Gasteiger partial charge in [-0.25, -0.2) is 4.68 Å². The minimum Gasteiger partial charge on any atom is -0.351 e. The number of halogens is 3. The molecule has 0 spiro atoms. The van der Waals surface area contributed by atoms with E-state index in [9.17, 15) is 22.8 Å². The first-order valence-electron chi connectivity index (χ1n) is 10.2. The average Bonchev–Trinajstić information content (AvgIpc) is 3.22. The number of carbonyl (C=O) groups is 2. The van der Waals surface area contributed by atoms with Gasteiger partial charge in [-0.2, -0.15) is 18.3 Å². The molecular formula is C23H24F3N5O2. The molecule has 0 bridgehead atoms. The average molecular weight is 459 g/mol. The molecule has 1 aromatic heterocycles. The van der Waals surface area contributed by atoms with Crippen molar-refractivity contribution in [2.45, 2.75) is 39.2 Å². The molecule has 0 aliphatic carbocycles. The first-order chi connectivity index (χ1) is 15.5. The predicted octanol–water partition coefficient (Wildman–Crippen LogP) is 3.09. The van der Waals surface area contributed by atoms with Crippen LogP contribution in [0.2, 0.25) is 0 Å². The molecule has 1 atom stereocenters. The maximum absolute atomic E-state index is 13.4. The van der Waals surface area contributed by atoms with Gasteiger partial charge in [-0.1, -0.05) is 42.0 Å². The second-order valence-corrected chi connectivity index (χ2v) is 7.67. The molecule has 0 saturated carbocycles. The van der Waals surface area contributed by atoms with Gasteiger partial charge in [0.05, 0.1) is 11.7 Å². The summed E-state index contributed by atoms with van der Waals surface area (Å²) in [5, 5.41) is 8.91. The van der Waals surface area contributed by atoms with E-state index < -0.39 is 23.8 Å². The Morgan fingerprint density at radius 2 is 1.67 bits per heavy atom. The summed E-state index contributed by atoms with van der Waals surface area (Å²) in [6.07, 6.45) is -4.72. The van der Waals surface area contributed by atoms with Gasteiger partial charge < -0.3 is 16.4 Å². The molecule has 1 heterocycles. The third-order valence-electron chi connectivity index (χ3n) is 4.80. The van der Waals surface area contributed by atoms with E-state index in [1.807, 2.05) is 31.2 Å². The van der Waals surface area contributed by atoms with E-state index in [0.717, 1.165) is 21.9 Å². The van der Waals surface area contributed by atoms with Crippen LogP contribution in [-0.2, 0) is 24.1 Å². The maximum atomic E-state index is 13.4. The highest BCUT2D eigenvalue weighted by Crippen LogP contribution is 2.29. The van der Waals surface area contributed by atoms with Crippen molar-refractivity contribution in [2.24, 2.45) is 5.73 Å². The fourth-order valence-corrected chi connectivity index (χ4v) is 3.12. The molecule has 0 aliphatic heterocycles. The summed E-state index contributed by atoms with van der Waals surface area (Å²) in [4.78, 5) is 24.5. The topological polar surface area (TPSA) is 102 Å². The first-order valence-corrected chi connectivity index (χ1v) is 10.2. The van der Waals surface area contributed by atoms with Gasteiger partial charge in [-0.3, -0.25) is 9.59 Å². The minimum atomic E-state index is -4.72. The number of nitrogens with zero attached hydrogens (tertiary/aromatic N) is 2. The highest BCUT2D eigenvalue weighted by Gasteiger charge is 2.36. The van der Waals surface area contributed by atoms with Crippen LogP contribution in [-0.4, -0.2) is 27.6 Å². The monoisotopic (exact) mass is 459 g/mol. The van der Waals surface area contributed by atoms with Crippen molar-refractivity contribution in [3.8, 4) is 5.69 Å². The highest BCUT2D eigenvalue weighted by atomic mass is 19.4.